The number of ether oxygens (including phenoxy) is 2. The summed E-state index contributed by atoms with van der Waals surface area (Å²) in [5, 5.41) is 1.30. The largest absolute Gasteiger partial charge is 0.465 e. The lowest BCUT2D eigenvalue weighted by molar-refractivity contribution is -0.0791. The summed E-state index contributed by atoms with van der Waals surface area (Å²) in [6.07, 6.45) is 5.59. The third-order valence-electron chi connectivity index (χ3n) is 5.97. The second-order valence-electron chi connectivity index (χ2n) is 7.36. The molecule has 4 heterocycles. The van der Waals surface area contributed by atoms with Gasteiger partial charge in [0.2, 0.25) is 0 Å². The van der Waals surface area contributed by atoms with Crippen LogP contribution in [0.1, 0.15) is 34.5 Å². The summed E-state index contributed by atoms with van der Waals surface area (Å²) in [6, 6.07) is 8.46. The molecule has 0 amide bonds. The first-order valence-corrected chi connectivity index (χ1v) is 9.59. The number of para-hydroxylation sites is 1. The van der Waals surface area contributed by atoms with Gasteiger partial charge in [-0.2, -0.15) is 0 Å². The molecule has 3 aromatic rings. The minimum Gasteiger partial charge on any atom is -0.465 e. The lowest BCUT2D eigenvalue weighted by Crippen LogP contribution is -2.47. The van der Waals surface area contributed by atoms with Crippen LogP contribution in [0.3, 0.4) is 0 Å². The number of methoxy groups -OCH3 is 1. The first-order valence-electron chi connectivity index (χ1n) is 9.59. The van der Waals surface area contributed by atoms with Crippen molar-refractivity contribution >= 4 is 22.7 Å². The van der Waals surface area contributed by atoms with Crippen LogP contribution in [0.2, 0.25) is 0 Å². The second kappa shape index (κ2) is 6.60. The van der Waals surface area contributed by atoms with Gasteiger partial charge < -0.3 is 19.4 Å². The number of rotatable bonds is 2. The van der Waals surface area contributed by atoms with Crippen molar-refractivity contribution in [3.8, 4) is 0 Å². The number of hydrogen-bond acceptors (Lipinski definition) is 6. The molecular weight excluding hydrogens is 356 g/mol. The van der Waals surface area contributed by atoms with Gasteiger partial charge in [-0.05, 0) is 30.9 Å². The van der Waals surface area contributed by atoms with Crippen LogP contribution in [0.4, 0.5) is 5.82 Å². The normalized spacial score (nSPS) is 18.2. The van der Waals surface area contributed by atoms with E-state index in [-0.39, 0.29) is 5.60 Å². The Labute approximate surface area is 162 Å². The molecule has 5 rings (SSSR count). The minimum atomic E-state index is -0.414. The molecule has 0 aliphatic carbocycles. The highest BCUT2D eigenvalue weighted by Gasteiger charge is 2.43. The van der Waals surface area contributed by atoms with E-state index in [9.17, 15) is 4.79 Å². The Morgan fingerprint density at radius 3 is 2.93 bits per heavy atom. The standard InChI is InChI=1S/C21H22N4O3/c1-27-20(26)16-12-22-13-23-19(16)25-9-7-21(8-10-25)18-15(6-11-28-21)14-4-2-3-5-17(14)24-18/h2-5,12-13,24H,6-11H2,1H3. The summed E-state index contributed by atoms with van der Waals surface area (Å²) in [6.45, 7) is 2.22. The summed E-state index contributed by atoms with van der Waals surface area (Å²) in [4.78, 5) is 26.2. The molecule has 144 valence electrons. The number of hydrogen-bond donors (Lipinski definition) is 1. The molecule has 0 saturated carbocycles. The molecule has 0 radical (unpaired) electrons. The molecule has 2 aliphatic heterocycles. The van der Waals surface area contributed by atoms with Crippen LogP contribution in [0.25, 0.3) is 10.9 Å². The summed E-state index contributed by atoms with van der Waals surface area (Å²) >= 11 is 0. The van der Waals surface area contributed by atoms with Crippen LogP contribution in [0, 0.1) is 0 Å². The lowest BCUT2D eigenvalue weighted by Gasteiger charge is -2.44. The van der Waals surface area contributed by atoms with Crippen molar-refractivity contribution in [2.75, 3.05) is 31.7 Å². The van der Waals surface area contributed by atoms with Crippen molar-refractivity contribution in [1.82, 2.24) is 15.0 Å². The van der Waals surface area contributed by atoms with Gasteiger partial charge in [-0.3, -0.25) is 0 Å². The number of carbonyl (C=O) groups is 1. The van der Waals surface area contributed by atoms with Crippen LogP contribution in [-0.4, -0.2) is 47.7 Å². The number of benzene rings is 1. The molecule has 7 heteroatoms. The van der Waals surface area contributed by atoms with Crippen LogP contribution in [0.15, 0.2) is 36.8 Å². The Morgan fingerprint density at radius 1 is 1.29 bits per heavy atom. The fourth-order valence-corrected chi connectivity index (χ4v) is 4.57. The second-order valence-corrected chi connectivity index (χ2v) is 7.36. The summed E-state index contributed by atoms with van der Waals surface area (Å²) in [5.74, 6) is 0.215. The SMILES string of the molecule is COC(=O)c1cncnc1N1CCC2(CC1)OCCc1c2[nH]c2ccccc12. The van der Waals surface area contributed by atoms with E-state index in [1.807, 2.05) is 0 Å². The van der Waals surface area contributed by atoms with Crippen molar-refractivity contribution in [2.24, 2.45) is 0 Å². The molecule has 28 heavy (non-hydrogen) atoms. The Balaban J connectivity index is 1.45. The van der Waals surface area contributed by atoms with Crippen LogP contribution < -0.4 is 4.90 Å². The number of piperidine rings is 1. The number of fused-ring (bicyclic) bond motifs is 4. The number of esters is 1. The molecule has 2 aliphatic rings. The number of anilines is 1. The van der Waals surface area contributed by atoms with Gasteiger partial charge in [-0.15, -0.1) is 0 Å². The first kappa shape index (κ1) is 17.2. The highest BCUT2D eigenvalue weighted by atomic mass is 16.5. The number of carbonyl (C=O) groups excluding carboxylic acids is 1. The van der Waals surface area contributed by atoms with Gasteiger partial charge in [0.05, 0.1) is 19.4 Å². The lowest BCUT2D eigenvalue weighted by atomic mass is 9.83. The van der Waals surface area contributed by atoms with Crippen molar-refractivity contribution in [3.05, 3.63) is 53.6 Å². The maximum Gasteiger partial charge on any atom is 0.343 e. The monoisotopic (exact) mass is 378 g/mol. The van der Waals surface area contributed by atoms with Crippen LogP contribution >= 0.6 is 0 Å². The summed E-state index contributed by atoms with van der Waals surface area (Å²) < 4.78 is 11.2. The number of aromatic amines is 1. The van der Waals surface area contributed by atoms with E-state index in [0.717, 1.165) is 39.0 Å². The van der Waals surface area contributed by atoms with E-state index in [4.69, 9.17) is 9.47 Å². The molecule has 1 spiro atoms. The van der Waals surface area contributed by atoms with E-state index >= 15 is 0 Å². The van der Waals surface area contributed by atoms with Gasteiger partial charge in [0.25, 0.3) is 0 Å². The minimum absolute atomic E-state index is 0.304. The predicted octanol–water partition coefficient (Wildman–Crippen LogP) is 2.81. The maximum atomic E-state index is 12.1. The van der Waals surface area contributed by atoms with Crippen LogP contribution in [0.5, 0.6) is 0 Å². The van der Waals surface area contributed by atoms with Crippen molar-refractivity contribution in [1.29, 1.82) is 0 Å². The van der Waals surface area contributed by atoms with E-state index in [0.29, 0.717) is 11.4 Å². The topological polar surface area (TPSA) is 80.3 Å². The smallest absolute Gasteiger partial charge is 0.343 e. The molecule has 0 unspecified atom stereocenters. The van der Waals surface area contributed by atoms with Gasteiger partial charge >= 0.3 is 5.97 Å². The first-order chi connectivity index (χ1) is 13.7. The summed E-state index contributed by atoms with van der Waals surface area (Å²) in [5.41, 5.74) is 3.87. The van der Waals surface area contributed by atoms with Crippen molar-refractivity contribution in [2.45, 2.75) is 24.9 Å². The maximum absolute atomic E-state index is 12.1. The van der Waals surface area contributed by atoms with Crippen LogP contribution in [-0.2, 0) is 21.5 Å². The highest BCUT2D eigenvalue weighted by molar-refractivity contribution is 5.94. The number of nitrogens with zero attached hydrogens (tertiary/aromatic N) is 3. The molecule has 1 N–H and O–H groups in total. The Bertz CT molecular complexity index is 1040. The Hall–Kier alpha value is -2.93. The number of nitrogens with one attached hydrogen (secondary N) is 1. The van der Waals surface area contributed by atoms with Crippen molar-refractivity contribution in [3.63, 3.8) is 0 Å². The van der Waals surface area contributed by atoms with E-state index in [2.05, 4.69) is 44.1 Å². The molecular formula is C21H22N4O3. The van der Waals surface area contributed by atoms with Gasteiger partial charge in [0, 0.05) is 30.2 Å². The van der Waals surface area contributed by atoms with Crippen molar-refractivity contribution < 1.29 is 14.3 Å². The number of H-pyrrole nitrogens is 1. The average Bonchev–Trinajstić information content (AvgIpc) is 3.14. The van der Waals surface area contributed by atoms with Gasteiger partial charge in [-0.1, -0.05) is 18.2 Å². The quantitative estimate of drug-likeness (QED) is 0.691. The zero-order valence-corrected chi connectivity index (χ0v) is 15.8. The fraction of sp³-hybridized carbons (Fsp3) is 0.381. The average molecular weight is 378 g/mol. The number of aromatic nitrogens is 3. The van der Waals surface area contributed by atoms with Gasteiger partial charge in [-0.25, -0.2) is 14.8 Å². The molecule has 1 aromatic carbocycles. The molecule has 1 saturated heterocycles. The predicted molar refractivity (Wildman–Crippen MR) is 104 cm³/mol. The molecule has 0 bridgehead atoms. The van der Waals surface area contributed by atoms with E-state index in [1.165, 1.54) is 41.8 Å². The molecule has 0 atom stereocenters. The zero-order valence-electron chi connectivity index (χ0n) is 15.8. The van der Waals surface area contributed by atoms with Gasteiger partial charge in [0.15, 0.2) is 0 Å². The fourth-order valence-electron chi connectivity index (χ4n) is 4.57. The molecule has 2 aromatic heterocycles. The summed E-state index contributed by atoms with van der Waals surface area (Å²) in [7, 11) is 1.37. The third kappa shape index (κ3) is 2.57. The zero-order chi connectivity index (χ0) is 19.1. The van der Waals surface area contributed by atoms with E-state index < -0.39 is 5.97 Å². The van der Waals surface area contributed by atoms with Gasteiger partial charge in [0.1, 0.15) is 23.3 Å². The van der Waals surface area contributed by atoms with E-state index in [1.54, 1.807) is 0 Å². The Kier molecular flexibility index (Phi) is 4.05. The highest BCUT2D eigenvalue weighted by Crippen LogP contribution is 2.44. The molecule has 1 fully saturated rings. The molecule has 7 nitrogen and oxygen atoms in total. The third-order valence-corrected chi connectivity index (χ3v) is 5.97. The Morgan fingerprint density at radius 2 is 2.11 bits per heavy atom.